The van der Waals surface area contributed by atoms with Crippen LogP contribution in [0.2, 0.25) is 0 Å². The van der Waals surface area contributed by atoms with Gasteiger partial charge in [0, 0.05) is 31.7 Å². The maximum Gasteiger partial charge on any atom is 0.151 e. The summed E-state index contributed by atoms with van der Waals surface area (Å²) in [7, 11) is 2.22. The van der Waals surface area contributed by atoms with Crippen LogP contribution in [-0.4, -0.2) is 54.2 Å². The van der Waals surface area contributed by atoms with Crippen LogP contribution in [-0.2, 0) is 13.1 Å². The van der Waals surface area contributed by atoms with Gasteiger partial charge in [-0.1, -0.05) is 19.0 Å². The molecule has 1 fully saturated rings. The summed E-state index contributed by atoms with van der Waals surface area (Å²) >= 11 is 0. The lowest BCUT2D eigenvalue weighted by Crippen LogP contribution is -2.39. The van der Waals surface area contributed by atoms with E-state index >= 15 is 0 Å². The predicted molar refractivity (Wildman–Crippen MR) is 85.1 cm³/mol. The highest BCUT2D eigenvalue weighted by Gasteiger charge is 2.23. The van der Waals surface area contributed by atoms with Crippen LogP contribution in [0.5, 0.6) is 0 Å². The van der Waals surface area contributed by atoms with Crippen LogP contribution >= 0.6 is 0 Å². The van der Waals surface area contributed by atoms with Crippen molar-refractivity contribution in [3.63, 3.8) is 0 Å². The number of likely N-dealkylation sites (N-methyl/N-ethyl adjacent to an activating group) is 1. The summed E-state index contributed by atoms with van der Waals surface area (Å²) in [5, 5.41) is 7.53. The van der Waals surface area contributed by atoms with Gasteiger partial charge in [0.2, 0.25) is 0 Å². The molecule has 0 radical (unpaired) electrons. The maximum absolute atomic E-state index is 5.51. The Hall–Kier alpha value is -0.910. The first-order valence-corrected chi connectivity index (χ1v) is 8.30. The zero-order chi connectivity index (χ0) is 15.1. The van der Waals surface area contributed by atoms with Crippen LogP contribution in [0.15, 0.2) is 10.6 Å². The summed E-state index contributed by atoms with van der Waals surface area (Å²) in [6.45, 7) is 10.6. The quantitative estimate of drug-likeness (QED) is 0.780. The fourth-order valence-electron chi connectivity index (χ4n) is 3.00. The zero-order valence-corrected chi connectivity index (χ0v) is 13.8. The van der Waals surface area contributed by atoms with Crippen molar-refractivity contribution in [2.75, 3.05) is 33.2 Å². The summed E-state index contributed by atoms with van der Waals surface area (Å²) in [4.78, 5) is 4.99. The Kier molecular flexibility index (Phi) is 6.67. The Labute approximate surface area is 128 Å². The first-order valence-electron chi connectivity index (χ1n) is 8.30. The van der Waals surface area contributed by atoms with E-state index in [9.17, 15) is 0 Å². The molecule has 0 saturated carbocycles. The van der Waals surface area contributed by atoms with E-state index in [4.69, 9.17) is 4.52 Å². The molecule has 1 aliphatic rings. The van der Waals surface area contributed by atoms with E-state index in [1.165, 1.54) is 19.4 Å². The Morgan fingerprint density at radius 1 is 1.38 bits per heavy atom. The Bertz CT molecular complexity index is 407. The number of aromatic nitrogens is 1. The van der Waals surface area contributed by atoms with Gasteiger partial charge in [-0.05, 0) is 39.4 Å². The molecule has 1 aliphatic heterocycles. The molecule has 0 bridgehead atoms. The molecule has 0 spiro atoms. The molecule has 120 valence electrons. The molecule has 2 heterocycles. The Morgan fingerprint density at radius 2 is 2.24 bits per heavy atom. The largest absolute Gasteiger partial charge is 0.360 e. The van der Waals surface area contributed by atoms with Crippen molar-refractivity contribution in [3.05, 3.63) is 17.5 Å². The average Bonchev–Trinajstić information content (AvgIpc) is 2.83. The third-order valence-corrected chi connectivity index (χ3v) is 4.19. The summed E-state index contributed by atoms with van der Waals surface area (Å²) < 4.78 is 5.51. The van der Waals surface area contributed by atoms with Gasteiger partial charge in [0.05, 0.1) is 12.2 Å². The number of nitrogens with one attached hydrogen (secondary N) is 1. The molecule has 5 nitrogen and oxygen atoms in total. The molecule has 5 heteroatoms. The summed E-state index contributed by atoms with van der Waals surface area (Å²) in [5.74, 6) is 0.992. The molecule has 0 aliphatic carbocycles. The van der Waals surface area contributed by atoms with Crippen LogP contribution in [0.4, 0.5) is 0 Å². The van der Waals surface area contributed by atoms with E-state index in [1.54, 1.807) is 0 Å². The van der Waals surface area contributed by atoms with Crippen molar-refractivity contribution >= 4 is 0 Å². The topological polar surface area (TPSA) is 44.5 Å². The van der Waals surface area contributed by atoms with Crippen molar-refractivity contribution < 1.29 is 4.52 Å². The first kappa shape index (κ1) is 16.5. The van der Waals surface area contributed by atoms with Gasteiger partial charge in [0.15, 0.2) is 5.76 Å². The van der Waals surface area contributed by atoms with Crippen molar-refractivity contribution in [1.29, 1.82) is 0 Å². The monoisotopic (exact) mass is 294 g/mol. The number of rotatable bonds is 7. The van der Waals surface area contributed by atoms with Gasteiger partial charge in [0.25, 0.3) is 0 Å². The van der Waals surface area contributed by atoms with E-state index in [1.807, 2.05) is 0 Å². The molecular weight excluding hydrogens is 264 g/mol. The highest BCUT2D eigenvalue weighted by Crippen LogP contribution is 2.16. The predicted octanol–water partition coefficient (Wildman–Crippen LogP) is 2.09. The van der Waals surface area contributed by atoms with Crippen LogP contribution in [0.3, 0.4) is 0 Å². The average molecular weight is 294 g/mol. The number of nitrogens with zero attached hydrogens (tertiary/aromatic N) is 3. The minimum absolute atomic E-state index is 0.615. The van der Waals surface area contributed by atoms with Crippen molar-refractivity contribution in [2.24, 2.45) is 0 Å². The molecule has 0 amide bonds. The third-order valence-electron chi connectivity index (χ3n) is 4.19. The van der Waals surface area contributed by atoms with E-state index in [2.05, 4.69) is 47.2 Å². The van der Waals surface area contributed by atoms with Crippen molar-refractivity contribution in [1.82, 2.24) is 20.3 Å². The first-order chi connectivity index (χ1) is 10.2. The van der Waals surface area contributed by atoms with Gasteiger partial charge in [-0.3, -0.25) is 4.90 Å². The lowest BCUT2D eigenvalue weighted by Gasteiger charge is -2.29. The highest BCUT2D eigenvalue weighted by atomic mass is 16.5. The minimum Gasteiger partial charge on any atom is -0.360 e. The number of hydrogen-bond acceptors (Lipinski definition) is 5. The molecule has 2 rings (SSSR count). The van der Waals surface area contributed by atoms with E-state index in [-0.39, 0.29) is 0 Å². The summed E-state index contributed by atoms with van der Waals surface area (Å²) in [6, 6.07) is 2.72. The lowest BCUT2D eigenvalue weighted by atomic mass is 10.2. The molecule has 1 aromatic heterocycles. The summed E-state index contributed by atoms with van der Waals surface area (Å²) in [5.41, 5.74) is 1.01. The van der Waals surface area contributed by atoms with Gasteiger partial charge >= 0.3 is 0 Å². The second kappa shape index (κ2) is 8.51. The molecular formula is C16H30N4O. The molecule has 1 saturated heterocycles. The molecule has 21 heavy (non-hydrogen) atoms. The van der Waals surface area contributed by atoms with Gasteiger partial charge in [-0.15, -0.1) is 0 Å². The maximum atomic E-state index is 5.51. The van der Waals surface area contributed by atoms with Gasteiger partial charge in [0.1, 0.15) is 0 Å². The lowest BCUT2D eigenvalue weighted by molar-refractivity contribution is 0.159. The van der Waals surface area contributed by atoms with Crippen LogP contribution < -0.4 is 5.32 Å². The second-order valence-electron chi connectivity index (χ2n) is 6.11. The molecule has 1 N–H and O–H groups in total. The van der Waals surface area contributed by atoms with Gasteiger partial charge in [-0.2, -0.15) is 0 Å². The van der Waals surface area contributed by atoms with Crippen LogP contribution in [0, 0.1) is 0 Å². The SMILES string of the molecule is CCCNCc1cc(CN2CCCN(C)CC2CC)on1. The van der Waals surface area contributed by atoms with E-state index < -0.39 is 0 Å². The fourth-order valence-corrected chi connectivity index (χ4v) is 3.00. The van der Waals surface area contributed by atoms with Crippen molar-refractivity contribution in [2.45, 2.75) is 52.2 Å². The molecule has 1 aromatic rings. The zero-order valence-electron chi connectivity index (χ0n) is 13.8. The second-order valence-corrected chi connectivity index (χ2v) is 6.11. The fraction of sp³-hybridized carbons (Fsp3) is 0.812. The third kappa shape index (κ3) is 5.09. The van der Waals surface area contributed by atoms with E-state index in [0.29, 0.717) is 6.04 Å². The highest BCUT2D eigenvalue weighted by molar-refractivity contribution is 5.05. The number of hydrogen-bond donors (Lipinski definition) is 1. The van der Waals surface area contributed by atoms with Crippen LogP contribution in [0.1, 0.15) is 44.6 Å². The smallest absolute Gasteiger partial charge is 0.151 e. The standard InChI is InChI=1S/C16H30N4O/c1-4-7-17-11-14-10-16(21-18-14)13-20-9-6-8-19(3)12-15(20)5-2/h10,15,17H,4-9,11-13H2,1-3H3. The van der Waals surface area contributed by atoms with Gasteiger partial charge in [-0.25, -0.2) is 0 Å². The molecule has 0 aromatic carbocycles. The normalized spacial score (nSPS) is 21.6. The van der Waals surface area contributed by atoms with E-state index in [0.717, 1.165) is 50.6 Å². The van der Waals surface area contributed by atoms with Gasteiger partial charge < -0.3 is 14.7 Å². The van der Waals surface area contributed by atoms with Crippen molar-refractivity contribution in [3.8, 4) is 0 Å². The van der Waals surface area contributed by atoms with Crippen LogP contribution in [0.25, 0.3) is 0 Å². The molecule has 1 unspecified atom stereocenters. The Morgan fingerprint density at radius 3 is 3.00 bits per heavy atom. The molecule has 1 atom stereocenters. The summed E-state index contributed by atoms with van der Waals surface area (Å²) in [6.07, 6.45) is 3.56. The minimum atomic E-state index is 0.615. The Balaban J connectivity index is 1.90.